The zero-order valence-corrected chi connectivity index (χ0v) is 20.6. The van der Waals surface area contributed by atoms with Gasteiger partial charge in [-0.3, -0.25) is 4.99 Å². The van der Waals surface area contributed by atoms with Gasteiger partial charge in [0.05, 0.1) is 12.8 Å². The maximum atomic E-state index is 5.53. The van der Waals surface area contributed by atoms with Crippen LogP contribution in [0.2, 0.25) is 0 Å². The van der Waals surface area contributed by atoms with Crippen LogP contribution in [0.15, 0.2) is 59.7 Å². The van der Waals surface area contributed by atoms with Gasteiger partial charge in [0.2, 0.25) is 0 Å². The number of aromatic amines is 1. The Bertz CT molecular complexity index is 1000. The number of halogens is 1. The van der Waals surface area contributed by atoms with E-state index in [1.54, 1.807) is 7.11 Å². The molecule has 1 fully saturated rings. The third-order valence-corrected chi connectivity index (χ3v) is 5.63. The number of para-hydroxylation sites is 3. The van der Waals surface area contributed by atoms with E-state index in [4.69, 9.17) is 9.73 Å². The molecule has 166 valence electrons. The quantitative estimate of drug-likeness (QED) is 0.243. The standard InChI is InChI=1S/C24H31N5O.HI/c1-3-25-24(26-14-12-18-16-27-21-9-5-4-8-20(18)21)28-19-13-15-29(17-19)22-10-6-7-11-23(22)30-2;/h4-11,16,19,27H,3,12-15,17H2,1-2H3,(H2,25,26,28);1H. The molecule has 0 amide bonds. The fourth-order valence-corrected chi connectivity index (χ4v) is 4.13. The van der Waals surface area contributed by atoms with Gasteiger partial charge in [0, 0.05) is 49.3 Å². The molecule has 3 aromatic rings. The van der Waals surface area contributed by atoms with Gasteiger partial charge in [-0.15, -0.1) is 24.0 Å². The van der Waals surface area contributed by atoms with Gasteiger partial charge < -0.3 is 25.3 Å². The Hall–Kier alpha value is -2.42. The first-order chi connectivity index (χ1) is 14.8. The summed E-state index contributed by atoms with van der Waals surface area (Å²) in [5, 5.41) is 8.30. The summed E-state index contributed by atoms with van der Waals surface area (Å²) in [6.45, 7) is 5.65. The SMILES string of the molecule is CCNC(=NCCc1c[nH]c2ccccc12)NC1CCN(c2ccccc2OC)C1.I. The molecular formula is C24H32IN5O. The van der Waals surface area contributed by atoms with E-state index in [-0.39, 0.29) is 24.0 Å². The number of hydrogen-bond donors (Lipinski definition) is 3. The average Bonchev–Trinajstić information content (AvgIpc) is 3.41. The average molecular weight is 533 g/mol. The van der Waals surface area contributed by atoms with Crippen LogP contribution in [0.3, 0.4) is 0 Å². The summed E-state index contributed by atoms with van der Waals surface area (Å²) in [5.41, 5.74) is 3.66. The number of anilines is 1. The van der Waals surface area contributed by atoms with Gasteiger partial charge in [-0.2, -0.15) is 0 Å². The van der Waals surface area contributed by atoms with E-state index in [2.05, 4.69) is 70.0 Å². The molecule has 1 aliphatic rings. The molecule has 0 aliphatic carbocycles. The third-order valence-electron chi connectivity index (χ3n) is 5.63. The van der Waals surface area contributed by atoms with E-state index in [1.807, 2.05) is 12.1 Å². The van der Waals surface area contributed by atoms with E-state index in [1.165, 1.54) is 16.5 Å². The number of fused-ring (bicyclic) bond motifs is 1. The van der Waals surface area contributed by atoms with E-state index < -0.39 is 0 Å². The highest BCUT2D eigenvalue weighted by atomic mass is 127. The molecule has 0 saturated carbocycles. The Morgan fingerprint density at radius 1 is 1.19 bits per heavy atom. The van der Waals surface area contributed by atoms with Crippen molar-refractivity contribution in [2.45, 2.75) is 25.8 Å². The zero-order chi connectivity index (χ0) is 20.8. The number of guanidine groups is 1. The lowest BCUT2D eigenvalue weighted by atomic mass is 10.1. The first-order valence-electron chi connectivity index (χ1n) is 10.8. The van der Waals surface area contributed by atoms with Crippen molar-refractivity contribution in [3.63, 3.8) is 0 Å². The van der Waals surface area contributed by atoms with Crippen molar-refractivity contribution in [2.24, 2.45) is 4.99 Å². The van der Waals surface area contributed by atoms with Crippen molar-refractivity contribution < 1.29 is 4.74 Å². The number of rotatable bonds is 7. The number of aromatic nitrogens is 1. The molecule has 3 N–H and O–H groups in total. The van der Waals surface area contributed by atoms with E-state index >= 15 is 0 Å². The fraction of sp³-hybridized carbons (Fsp3) is 0.375. The smallest absolute Gasteiger partial charge is 0.191 e. The second-order valence-corrected chi connectivity index (χ2v) is 7.62. The second kappa shape index (κ2) is 11.3. The van der Waals surface area contributed by atoms with E-state index in [9.17, 15) is 0 Å². The lowest BCUT2D eigenvalue weighted by Gasteiger charge is -2.22. The molecule has 0 radical (unpaired) electrons. The number of methoxy groups -OCH3 is 1. The van der Waals surface area contributed by atoms with Gasteiger partial charge in [-0.25, -0.2) is 0 Å². The predicted molar refractivity (Wildman–Crippen MR) is 140 cm³/mol. The lowest BCUT2D eigenvalue weighted by Crippen LogP contribution is -2.44. The highest BCUT2D eigenvalue weighted by Crippen LogP contribution is 2.30. The minimum atomic E-state index is 0. The first-order valence-corrected chi connectivity index (χ1v) is 10.8. The monoisotopic (exact) mass is 533 g/mol. The molecule has 0 bridgehead atoms. The molecule has 1 atom stereocenters. The minimum Gasteiger partial charge on any atom is -0.495 e. The molecule has 2 aromatic carbocycles. The fourth-order valence-electron chi connectivity index (χ4n) is 4.13. The number of H-pyrrole nitrogens is 1. The summed E-state index contributed by atoms with van der Waals surface area (Å²) in [4.78, 5) is 10.6. The van der Waals surface area contributed by atoms with Gasteiger partial charge in [-0.1, -0.05) is 30.3 Å². The molecule has 1 aromatic heterocycles. The third kappa shape index (κ3) is 5.64. The van der Waals surface area contributed by atoms with Crippen molar-refractivity contribution in [1.29, 1.82) is 0 Å². The van der Waals surface area contributed by atoms with Crippen molar-refractivity contribution in [1.82, 2.24) is 15.6 Å². The second-order valence-electron chi connectivity index (χ2n) is 7.62. The van der Waals surface area contributed by atoms with Gasteiger partial charge >= 0.3 is 0 Å². The molecule has 1 saturated heterocycles. The van der Waals surface area contributed by atoms with E-state index in [0.717, 1.165) is 56.4 Å². The van der Waals surface area contributed by atoms with Gasteiger partial charge in [0.1, 0.15) is 5.75 Å². The largest absolute Gasteiger partial charge is 0.495 e. The van der Waals surface area contributed by atoms with Crippen LogP contribution in [-0.2, 0) is 6.42 Å². The highest BCUT2D eigenvalue weighted by Gasteiger charge is 2.25. The Morgan fingerprint density at radius 2 is 2.00 bits per heavy atom. The van der Waals surface area contributed by atoms with Crippen molar-refractivity contribution in [2.75, 3.05) is 38.2 Å². The number of nitrogens with zero attached hydrogens (tertiary/aromatic N) is 2. The maximum Gasteiger partial charge on any atom is 0.191 e. The summed E-state index contributed by atoms with van der Waals surface area (Å²) in [7, 11) is 1.73. The van der Waals surface area contributed by atoms with Gasteiger partial charge in [-0.05, 0) is 43.5 Å². The minimum absolute atomic E-state index is 0. The summed E-state index contributed by atoms with van der Waals surface area (Å²) < 4.78 is 5.53. The Labute approximate surface area is 201 Å². The van der Waals surface area contributed by atoms with Crippen LogP contribution in [0, 0.1) is 0 Å². The Kier molecular flexibility index (Phi) is 8.45. The molecule has 31 heavy (non-hydrogen) atoms. The van der Waals surface area contributed by atoms with Crippen molar-refractivity contribution >= 4 is 46.5 Å². The Balaban J connectivity index is 0.00000272. The summed E-state index contributed by atoms with van der Waals surface area (Å²) in [5.74, 6) is 1.82. The van der Waals surface area contributed by atoms with Crippen LogP contribution < -0.4 is 20.3 Å². The number of aliphatic imine (C=N–C) groups is 1. The molecule has 1 unspecified atom stereocenters. The van der Waals surface area contributed by atoms with Crippen LogP contribution in [-0.4, -0.2) is 50.3 Å². The molecule has 6 nitrogen and oxygen atoms in total. The zero-order valence-electron chi connectivity index (χ0n) is 18.2. The van der Waals surface area contributed by atoms with Crippen LogP contribution in [0.1, 0.15) is 18.9 Å². The molecule has 1 aliphatic heterocycles. The summed E-state index contributed by atoms with van der Waals surface area (Å²) in [6.07, 6.45) is 4.09. The number of nitrogens with one attached hydrogen (secondary N) is 3. The van der Waals surface area contributed by atoms with Crippen LogP contribution in [0.5, 0.6) is 5.75 Å². The molecule has 7 heteroatoms. The summed E-state index contributed by atoms with van der Waals surface area (Å²) in [6, 6.07) is 17.0. The van der Waals surface area contributed by atoms with E-state index in [0.29, 0.717) is 6.04 Å². The van der Waals surface area contributed by atoms with Crippen LogP contribution in [0.4, 0.5) is 5.69 Å². The molecule has 0 spiro atoms. The number of benzene rings is 2. The van der Waals surface area contributed by atoms with Crippen LogP contribution in [0.25, 0.3) is 10.9 Å². The molecule has 2 heterocycles. The first kappa shape index (κ1) is 23.2. The molecule has 4 rings (SSSR count). The van der Waals surface area contributed by atoms with Crippen molar-refractivity contribution in [3.8, 4) is 5.75 Å². The topological polar surface area (TPSA) is 64.7 Å². The molecular weight excluding hydrogens is 501 g/mol. The maximum absolute atomic E-state index is 5.53. The number of ether oxygens (including phenoxy) is 1. The van der Waals surface area contributed by atoms with Gasteiger partial charge in [0.25, 0.3) is 0 Å². The predicted octanol–water partition coefficient (Wildman–Crippen LogP) is 4.17. The normalized spacial score (nSPS) is 16.3. The van der Waals surface area contributed by atoms with Crippen molar-refractivity contribution in [3.05, 3.63) is 60.3 Å². The summed E-state index contributed by atoms with van der Waals surface area (Å²) >= 11 is 0. The number of hydrogen-bond acceptors (Lipinski definition) is 3. The van der Waals surface area contributed by atoms with Crippen LogP contribution >= 0.6 is 24.0 Å². The Morgan fingerprint density at radius 3 is 2.84 bits per heavy atom. The highest BCUT2D eigenvalue weighted by molar-refractivity contribution is 14.0. The lowest BCUT2D eigenvalue weighted by molar-refractivity contribution is 0.415. The van der Waals surface area contributed by atoms with Gasteiger partial charge in [0.15, 0.2) is 5.96 Å².